The Morgan fingerprint density at radius 1 is 1.59 bits per heavy atom. The fourth-order valence-electron chi connectivity index (χ4n) is 1.79. The van der Waals surface area contributed by atoms with Crippen LogP contribution in [0.15, 0.2) is 11.6 Å². The van der Waals surface area contributed by atoms with Gasteiger partial charge in [-0.05, 0) is 6.92 Å². The number of hydrogen-bond donors (Lipinski definition) is 1. The predicted octanol–water partition coefficient (Wildman–Crippen LogP) is 1.44. The van der Waals surface area contributed by atoms with Crippen molar-refractivity contribution in [2.45, 2.75) is 19.4 Å². The van der Waals surface area contributed by atoms with Gasteiger partial charge in [0.05, 0.1) is 30.1 Å². The van der Waals surface area contributed by atoms with Crippen molar-refractivity contribution in [2.24, 2.45) is 12.8 Å². The Bertz CT molecular complexity index is 505. The molecule has 0 aromatic carbocycles. The van der Waals surface area contributed by atoms with E-state index in [0.717, 1.165) is 22.1 Å². The summed E-state index contributed by atoms with van der Waals surface area (Å²) in [4.78, 5) is 4.41. The number of nitrogens with zero attached hydrogens (tertiary/aromatic N) is 3. The third-order valence-corrected chi connectivity index (χ3v) is 3.57. The molecule has 0 aliphatic carbocycles. The maximum Gasteiger partial charge on any atom is 0.161 e. The zero-order chi connectivity index (χ0) is 12.4. The molecule has 0 saturated heterocycles. The molecule has 2 rings (SSSR count). The van der Waals surface area contributed by atoms with Crippen molar-refractivity contribution in [3.05, 3.63) is 28.0 Å². The molecule has 1 unspecified atom stereocenters. The maximum absolute atomic E-state index is 6.18. The fraction of sp³-hybridized carbons (Fsp3) is 0.455. The first kappa shape index (κ1) is 12.1. The highest BCUT2D eigenvalue weighted by Crippen LogP contribution is 2.25. The number of aryl methyl sites for hydroxylation is 2. The summed E-state index contributed by atoms with van der Waals surface area (Å²) in [6.07, 6.45) is 2.39. The van der Waals surface area contributed by atoms with E-state index in [2.05, 4.69) is 10.1 Å². The van der Waals surface area contributed by atoms with Crippen molar-refractivity contribution >= 4 is 11.3 Å². The van der Waals surface area contributed by atoms with E-state index >= 15 is 0 Å². The lowest BCUT2D eigenvalue weighted by Crippen LogP contribution is -2.18. The van der Waals surface area contributed by atoms with E-state index in [4.69, 9.17) is 10.5 Å². The Kier molecular flexibility index (Phi) is 3.44. The zero-order valence-corrected chi connectivity index (χ0v) is 11.0. The third-order valence-electron chi connectivity index (χ3n) is 2.58. The standard InChI is InChI=1S/C11H16N4OS/c1-7-6-17-10(14-7)4-8(12)11-9(16-3)5-13-15(11)2/h5-6,8H,4,12H2,1-3H3. The number of thiazole rings is 1. The van der Waals surface area contributed by atoms with Crippen molar-refractivity contribution in [3.8, 4) is 5.75 Å². The summed E-state index contributed by atoms with van der Waals surface area (Å²) in [7, 11) is 3.49. The van der Waals surface area contributed by atoms with Gasteiger partial charge in [0.2, 0.25) is 0 Å². The normalized spacial score (nSPS) is 12.7. The van der Waals surface area contributed by atoms with Crippen LogP contribution in [0.5, 0.6) is 5.75 Å². The number of ether oxygens (including phenoxy) is 1. The van der Waals surface area contributed by atoms with Crippen molar-refractivity contribution in [3.63, 3.8) is 0 Å². The predicted molar refractivity (Wildman–Crippen MR) is 67.2 cm³/mol. The topological polar surface area (TPSA) is 66.0 Å². The highest BCUT2D eigenvalue weighted by molar-refractivity contribution is 7.09. The van der Waals surface area contributed by atoms with E-state index < -0.39 is 0 Å². The summed E-state index contributed by atoms with van der Waals surface area (Å²) in [5.41, 5.74) is 8.12. The lowest BCUT2D eigenvalue weighted by Gasteiger charge is -2.12. The van der Waals surface area contributed by atoms with Crippen LogP contribution in [0, 0.1) is 6.92 Å². The molecule has 0 aliphatic rings. The molecule has 2 N–H and O–H groups in total. The van der Waals surface area contributed by atoms with Crippen molar-refractivity contribution in [1.29, 1.82) is 0 Å². The van der Waals surface area contributed by atoms with Crippen LogP contribution in [0.25, 0.3) is 0 Å². The molecule has 0 fully saturated rings. The van der Waals surface area contributed by atoms with Gasteiger partial charge >= 0.3 is 0 Å². The minimum absolute atomic E-state index is 0.150. The van der Waals surface area contributed by atoms with E-state index in [0.29, 0.717) is 6.42 Å². The summed E-state index contributed by atoms with van der Waals surface area (Å²) in [6, 6.07) is -0.150. The number of methoxy groups -OCH3 is 1. The second kappa shape index (κ2) is 4.85. The molecule has 1 atom stereocenters. The van der Waals surface area contributed by atoms with Crippen LogP contribution in [0.2, 0.25) is 0 Å². The summed E-state index contributed by atoms with van der Waals surface area (Å²) in [5.74, 6) is 0.730. The average molecular weight is 252 g/mol. The first-order valence-corrected chi connectivity index (χ1v) is 6.22. The first-order valence-electron chi connectivity index (χ1n) is 5.34. The molecular weight excluding hydrogens is 236 g/mol. The van der Waals surface area contributed by atoms with Gasteiger partial charge in [-0.25, -0.2) is 4.98 Å². The molecule has 2 aromatic heterocycles. The van der Waals surface area contributed by atoms with Gasteiger partial charge in [0, 0.05) is 24.5 Å². The fourth-order valence-corrected chi connectivity index (χ4v) is 2.62. The maximum atomic E-state index is 6.18. The number of rotatable bonds is 4. The van der Waals surface area contributed by atoms with Gasteiger partial charge in [-0.3, -0.25) is 4.68 Å². The molecule has 0 aliphatic heterocycles. The van der Waals surface area contributed by atoms with Crippen LogP contribution < -0.4 is 10.5 Å². The zero-order valence-electron chi connectivity index (χ0n) is 10.2. The summed E-state index contributed by atoms with van der Waals surface area (Å²) in [6.45, 7) is 1.98. The average Bonchev–Trinajstić information content (AvgIpc) is 2.84. The molecule has 0 radical (unpaired) electrons. The van der Waals surface area contributed by atoms with Gasteiger partial charge in [-0.15, -0.1) is 11.3 Å². The number of nitrogens with two attached hydrogens (primary N) is 1. The molecule has 5 nitrogen and oxygen atoms in total. The summed E-state index contributed by atoms with van der Waals surface area (Å²) in [5, 5.41) is 7.22. The second-order valence-corrected chi connectivity index (χ2v) is 4.86. The molecule has 0 bridgehead atoms. The van der Waals surface area contributed by atoms with Crippen LogP contribution in [-0.2, 0) is 13.5 Å². The number of aromatic nitrogens is 3. The van der Waals surface area contributed by atoms with E-state index in [1.165, 1.54) is 0 Å². The third kappa shape index (κ3) is 2.48. The Morgan fingerprint density at radius 2 is 2.35 bits per heavy atom. The Morgan fingerprint density at radius 3 is 2.94 bits per heavy atom. The van der Waals surface area contributed by atoms with E-state index in [9.17, 15) is 0 Å². The van der Waals surface area contributed by atoms with Gasteiger partial charge < -0.3 is 10.5 Å². The summed E-state index contributed by atoms with van der Waals surface area (Å²) >= 11 is 1.63. The van der Waals surface area contributed by atoms with Crippen LogP contribution in [0.3, 0.4) is 0 Å². The lowest BCUT2D eigenvalue weighted by atomic mass is 10.1. The van der Waals surface area contributed by atoms with Gasteiger partial charge in [0.15, 0.2) is 5.75 Å². The van der Waals surface area contributed by atoms with Crippen molar-refractivity contribution in [2.75, 3.05) is 7.11 Å². The highest BCUT2D eigenvalue weighted by Gasteiger charge is 2.18. The molecule has 0 spiro atoms. The smallest absolute Gasteiger partial charge is 0.161 e. The molecule has 17 heavy (non-hydrogen) atoms. The minimum atomic E-state index is -0.150. The van der Waals surface area contributed by atoms with Crippen LogP contribution in [0.4, 0.5) is 0 Å². The van der Waals surface area contributed by atoms with Crippen LogP contribution in [-0.4, -0.2) is 21.9 Å². The lowest BCUT2D eigenvalue weighted by molar-refractivity contribution is 0.402. The Labute approximate surface area is 104 Å². The van der Waals surface area contributed by atoms with Crippen LogP contribution >= 0.6 is 11.3 Å². The van der Waals surface area contributed by atoms with Crippen molar-refractivity contribution in [1.82, 2.24) is 14.8 Å². The van der Waals surface area contributed by atoms with Crippen LogP contribution in [0.1, 0.15) is 22.4 Å². The Balaban J connectivity index is 2.19. The first-order chi connectivity index (χ1) is 8.11. The summed E-state index contributed by atoms with van der Waals surface area (Å²) < 4.78 is 7.00. The van der Waals surface area contributed by atoms with E-state index in [-0.39, 0.29) is 6.04 Å². The van der Waals surface area contributed by atoms with Gasteiger partial charge in [0.25, 0.3) is 0 Å². The number of hydrogen-bond acceptors (Lipinski definition) is 5. The highest BCUT2D eigenvalue weighted by atomic mass is 32.1. The van der Waals surface area contributed by atoms with Crippen molar-refractivity contribution < 1.29 is 4.74 Å². The largest absolute Gasteiger partial charge is 0.493 e. The quantitative estimate of drug-likeness (QED) is 0.894. The second-order valence-electron chi connectivity index (χ2n) is 3.92. The van der Waals surface area contributed by atoms with Gasteiger partial charge in [0.1, 0.15) is 0 Å². The monoisotopic (exact) mass is 252 g/mol. The van der Waals surface area contributed by atoms with Gasteiger partial charge in [-0.1, -0.05) is 0 Å². The molecule has 6 heteroatoms. The molecular formula is C11H16N4OS. The Hall–Kier alpha value is -1.40. The van der Waals surface area contributed by atoms with E-state index in [1.807, 2.05) is 19.4 Å². The van der Waals surface area contributed by atoms with E-state index in [1.54, 1.807) is 29.3 Å². The molecule has 0 amide bonds. The molecule has 2 heterocycles. The molecule has 92 valence electrons. The molecule has 0 saturated carbocycles. The SMILES string of the molecule is COc1cnn(C)c1C(N)Cc1nc(C)cs1. The molecule has 2 aromatic rings. The minimum Gasteiger partial charge on any atom is -0.493 e. The van der Waals surface area contributed by atoms with Gasteiger partial charge in [-0.2, -0.15) is 5.10 Å².